The van der Waals surface area contributed by atoms with E-state index in [4.69, 9.17) is 4.74 Å². The minimum absolute atomic E-state index is 0. The third-order valence-electron chi connectivity index (χ3n) is 8.37. The van der Waals surface area contributed by atoms with Gasteiger partial charge < -0.3 is 26.2 Å². The van der Waals surface area contributed by atoms with Gasteiger partial charge in [0.25, 0.3) is 0 Å². The zero-order valence-electron chi connectivity index (χ0n) is 17.6. The molecule has 152 valence electrons. The molecule has 27 heavy (non-hydrogen) atoms. The zero-order valence-corrected chi connectivity index (χ0v) is 19.1. The first kappa shape index (κ1) is 21.3. The number of rotatable bonds is 8. The molecule has 0 aromatic heterocycles. The molecule has 0 radical (unpaired) electrons. The van der Waals surface area contributed by atoms with Crippen LogP contribution >= 0.6 is 0 Å². The van der Waals surface area contributed by atoms with Crippen LogP contribution in [0, 0.1) is 11.8 Å². The van der Waals surface area contributed by atoms with Gasteiger partial charge in [-0.3, -0.25) is 0 Å². The van der Waals surface area contributed by atoms with Gasteiger partial charge in [0.15, 0.2) is 0 Å². The van der Waals surface area contributed by atoms with Gasteiger partial charge in [-0.1, -0.05) is 56.5 Å². The smallest absolute Gasteiger partial charge is 0.123 e. The molecular formula is C24H38BrNO. The van der Waals surface area contributed by atoms with E-state index >= 15 is 0 Å². The summed E-state index contributed by atoms with van der Waals surface area (Å²) < 4.78 is 7.99. The van der Waals surface area contributed by atoms with Crippen molar-refractivity contribution in [3.63, 3.8) is 0 Å². The lowest BCUT2D eigenvalue weighted by Gasteiger charge is -2.43. The van der Waals surface area contributed by atoms with Crippen molar-refractivity contribution in [3.05, 3.63) is 35.9 Å². The third kappa shape index (κ3) is 3.42. The second kappa shape index (κ2) is 8.16. The van der Waals surface area contributed by atoms with Crippen LogP contribution in [-0.2, 0) is 11.3 Å². The first-order valence-electron chi connectivity index (χ1n) is 11.1. The molecule has 0 spiro atoms. The molecular weight excluding hydrogens is 398 g/mol. The van der Waals surface area contributed by atoms with Gasteiger partial charge in [-0.15, -0.1) is 0 Å². The van der Waals surface area contributed by atoms with Crippen LogP contribution in [0.1, 0.15) is 71.3 Å². The lowest BCUT2D eigenvalue weighted by molar-refractivity contribution is -0.967. The summed E-state index contributed by atoms with van der Waals surface area (Å²) in [7, 11) is 0. The predicted octanol–water partition coefficient (Wildman–Crippen LogP) is 2.57. The Hall–Kier alpha value is -0.380. The topological polar surface area (TPSA) is 9.23 Å². The first-order valence-corrected chi connectivity index (χ1v) is 11.1. The molecule has 2 saturated heterocycles. The molecule has 3 aliphatic rings. The van der Waals surface area contributed by atoms with Crippen molar-refractivity contribution >= 4 is 0 Å². The van der Waals surface area contributed by atoms with Gasteiger partial charge >= 0.3 is 0 Å². The van der Waals surface area contributed by atoms with Crippen LogP contribution in [-0.4, -0.2) is 35.3 Å². The zero-order chi connectivity index (χ0) is 18.3. The summed E-state index contributed by atoms with van der Waals surface area (Å²) in [5.41, 5.74) is 2.01. The molecule has 5 atom stereocenters. The molecule has 2 aliphatic heterocycles. The van der Waals surface area contributed by atoms with Crippen LogP contribution in [0.4, 0.5) is 0 Å². The quantitative estimate of drug-likeness (QED) is 0.450. The van der Waals surface area contributed by atoms with Crippen LogP contribution in [0.5, 0.6) is 0 Å². The fraction of sp³-hybridized carbons (Fsp3) is 0.750. The van der Waals surface area contributed by atoms with Crippen molar-refractivity contribution in [2.24, 2.45) is 11.8 Å². The molecule has 0 amide bonds. The van der Waals surface area contributed by atoms with Gasteiger partial charge in [-0.25, -0.2) is 0 Å². The number of halogens is 1. The Morgan fingerprint density at radius 2 is 1.81 bits per heavy atom. The highest BCUT2D eigenvalue weighted by Crippen LogP contribution is 2.64. The van der Waals surface area contributed by atoms with Crippen LogP contribution in [0.15, 0.2) is 30.3 Å². The van der Waals surface area contributed by atoms with Crippen molar-refractivity contribution in [1.82, 2.24) is 0 Å². The first-order chi connectivity index (χ1) is 12.5. The molecule has 0 bridgehead atoms. The summed E-state index contributed by atoms with van der Waals surface area (Å²) in [6, 6.07) is 11.2. The van der Waals surface area contributed by atoms with Gasteiger partial charge in [0.2, 0.25) is 0 Å². The van der Waals surface area contributed by atoms with E-state index in [-0.39, 0.29) is 22.6 Å². The van der Waals surface area contributed by atoms with Crippen molar-refractivity contribution in [2.45, 2.75) is 83.4 Å². The minimum Gasteiger partial charge on any atom is -1.00 e. The van der Waals surface area contributed by atoms with E-state index in [0.717, 1.165) is 18.4 Å². The summed E-state index contributed by atoms with van der Waals surface area (Å²) in [5.74, 6) is 1.64. The van der Waals surface area contributed by atoms with Crippen LogP contribution in [0.3, 0.4) is 0 Å². The maximum absolute atomic E-state index is 6.72. The Balaban J connectivity index is 0.00000210. The van der Waals surface area contributed by atoms with Crippen LogP contribution < -0.4 is 17.0 Å². The fourth-order valence-electron chi connectivity index (χ4n) is 7.14. The van der Waals surface area contributed by atoms with E-state index in [0.29, 0.717) is 5.54 Å². The normalized spacial score (nSPS) is 39.4. The monoisotopic (exact) mass is 435 g/mol. The summed E-state index contributed by atoms with van der Waals surface area (Å²) in [5, 5.41) is 0. The number of unbranched alkanes of at least 4 members (excludes halogenated alkanes) is 3. The maximum atomic E-state index is 6.72. The van der Waals surface area contributed by atoms with Crippen LogP contribution in [0.25, 0.3) is 0 Å². The summed E-state index contributed by atoms with van der Waals surface area (Å²) >= 11 is 0. The molecule has 3 heteroatoms. The highest BCUT2D eigenvalue weighted by Gasteiger charge is 2.74. The average Bonchev–Trinajstić information content (AvgIpc) is 3.17. The van der Waals surface area contributed by atoms with Crippen molar-refractivity contribution < 1.29 is 26.2 Å². The molecule has 1 aliphatic carbocycles. The van der Waals surface area contributed by atoms with Gasteiger partial charge in [-0.2, -0.15) is 0 Å². The molecule has 1 aromatic carbocycles. The molecule has 0 N–H and O–H groups in total. The van der Waals surface area contributed by atoms with E-state index in [1.807, 2.05) is 0 Å². The number of hydrogen-bond acceptors (Lipinski definition) is 1. The Kier molecular flexibility index (Phi) is 6.45. The molecule has 3 fully saturated rings. The fourth-order valence-corrected chi connectivity index (χ4v) is 7.14. The van der Waals surface area contributed by atoms with Gasteiger partial charge in [0.1, 0.15) is 24.2 Å². The van der Waals surface area contributed by atoms with E-state index in [2.05, 4.69) is 51.1 Å². The Morgan fingerprint density at radius 1 is 1.04 bits per heavy atom. The second-order valence-electron chi connectivity index (χ2n) is 9.73. The number of quaternary nitrogens is 1. The number of ether oxygens (including phenoxy) is 1. The van der Waals surface area contributed by atoms with Crippen molar-refractivity contribution in [1.29, 1.82) is 0 Å². The predicted molar refractivity (Wildman–Crippen MR) is 108 cm³/mol. The standard InChI is InChI=1S/C24H38NO.BrH/c1-4-5-6-10-17-26-23(2)19-25(18-20-11-8-7-9-12-20)16-15-21-13-14-22(23)24(21,25)3;/h7-9,11-12,21-22H,4-6,10,13-19H2,1-3H3;1H/q+1;/p-1/t21-,22+,23+,24+,25+;/m0./s1. The van der Waals surface area contributed by atoms with Crippen molar-refractivity contribution in [3.8, 4) is 0 Å². The van der Waals surface area contributed by atoms with E-state index in [1.54, 1.807) is 0 Å². The summed E-state index contributed by atoms with van der Waals surface area (Å²) in [6.07, 6.45) is 9.42. The van der Waals surface area contributed by atoms with Gasteiger partial charge in [0, 0.05) is 30.4 Å². The lowest BCUT2D eigenvalue weighted by atomic mass is 9.78. The minimum atomic E-state index is 0. The summed E-state index contributed by atoms with van der Waals surface area (Å²) in [4.78, 5) is 0. The Bertz CT molecular complexity index is 622. The maximum Gasteiger partial charge on any atom is 0.123 e. The number of benzene rings is 1. The van der Waals surface area contributed by atoms with Gasteiger partial charge in [-0.05, 0) is 33.1 Å². The summed E-state index contributed by atoms with van der Waals surface area (Å²) in [6.45, 7) is 12.1. The molecule has 1 saturated carbocycles. The van der Waals surface area contributed by atoms with E-state index < -0.39 is 0 Å². The Labute approximate surface area is 177 Å². The molecule has 2 heterocycles. The van der Waals surface area contributed by atoms with Gasteiger partial charge in [0.05, 0.1) is 6.54 Å². The highest BCUT2D eigenvalue weighted by molar-refractivity contribution is 5.17. The number of hydrogen-bond donors (Lipinski definition) is 0. The number of nitrogens with zero attached hydrogens (tertiary/aromatic N) is 1. The second-order valence-corrected chi connectivity index (χ2v) is 9.73. The lowest BCUT2D eigenvalue weighted by Crippen LogP contribution is -3.00. The SMILES string of the molecule is CCCCCCO[C@]1(C)C[N@+]2(Cc3ccccc3)CC[C@@H]3CC[C@H]1[C@@]32C.[Br-]. The van der Waals surface area contributed by atoms with Crippen LogP contribution in [0.2, 0.25) is 0 Å². The molecule has 1 aromatic rings. The molecule has 2 nitrogen and oxygen atoms in total. The Morgan fingerprint density at radius 3 is 2.56 bits per heavy atom. The van der Waals surface area contributed by atoms with Crippen molar-refractivity contribution in [2.75, 3.05) is 19.7 Å². The largest absolute Gasteiger partial charge is 1.00 e. The molecule has 4 rings (SSSR count). The van der Waals surface area contributed by atoms with E-state index in [9.17, 15) is 0 Å². The highest BCUT2D eigenvalue weighted by atomic mass is 79.9. The third-order valence-corrected chi connectivity index (χ3v) is 8.37. The average molecular weight is 436 g/mol. The molecule has 0 unspecified atom stereocenters. The van der Waals surface area contributed by atoms with E-state index in [1.165, 1.54) is 74.6 Å².